The van der Waals surface area contributed by atoms with Crippen molar-refractivity contribution in [3.8, 4) is 11.8 Å². The number of nitriles is 1. The van der Waals surface area contributed by atoms with Crippen molar-refractivity contribution in [3.63, 3.8) is 0 Å². The summed E-state index contributed by atoms with van der Waals surface area (Å²) in [6, 6.07) is 5.69. The van der Waals surface area contributed by atoms with Gasteiger partial charge in [0.15, 0.2) is 18.2 Å². The van der Waals surface area contributed by atoms with Gasteiger partial charge in [-0.15, -0.1) is 0 Å². The maximum absolute atomic E-state index is 13.3. The first-order valence-electron chi connectivity index (χ1n) is 4.34. The summed E-state index contributed by atoms with van der Waals surface area (Å²) in [5.41, 5.74) is 0.407. The molecule has 16 heavy (non-hydrogen) atoms. The van der Waals surface area contributed by atoms with E-state index < -0.39 is 11.8 Å². The molecule has 1 N–H and O–H groups in total. The quantitative estimate of drug-likeness (QED) is 0.787. The van der Waals surface area contributed by atoms with Gasteiger partial charge in [-0.05, 0) is 23.8 Å². The minimum Gasteiger partial charge on any atom is -0.478 e. The summed E-state index contributed by atoms with van der Waals surface area (Å²) in [6.45, 7) is -0.235. The second kappa shape index (κ2) is 5.51. The third-order valence-corrected chi connectivity index (χ3v) is 1.67. The maximum atomic E-state index is 13.3. The van der Waals surface area contributed by atoms with E-state index in [1.807, 2.05) is 0 Å². The second-order valence-electron chi connectivity index (χ2n) is 2.81. The Hall–Kier alpha value is -2.35. The van der Waals surface area contributed by atoms with E-state index in [-0.39, 0.29) is 12.4 Å². The second-order valence-corrected chi connectivity index (χ2v) is 2.81. The first-order chi connectivity index (χ1) is 7.63. The number of rotatable bonds is 4. The van der Waals surface area contributed by atoms with Crippen molar-refractivity contribution in [1.82, 2.24) is 0 Å². The SMILES string of the molecule is N#CCOc1ccc(/C=C/C(=O)O)cc1F. The lowest BCUT2D eigenvalue weighted by Gasteiger charge is -2.03. The van der Waals surface area contributed by atoms with Crippen molar-refractivity contribution in [2.45, 2.75) is 0 Å². The standard InChI is InChI=1S/C11H8FNO3/c12-9-7-8(2-4-11(14)15)1-3-10(9)16-6-5-13/h1-4,7H,6H2,(H,14,15)/b4-2+. The summed E-state index contributed by atoms with van der Waals surface area (Å²) in [6.07, 6.45) is 2.17. The van der Waals surface area contributed by atoms with Crippen LogP contribution in [-0.4, -0.2) is 17.7 Å². The number of hydrogen-bond donors (Lipinski definition) is 1. The smallest absolute Gasteiger partial charge is 0.328 e. The largest absolute Gasteiger partial charge is 0.478 e. The molecular formula is C11H8FNO3. The van der Waals surface area contributed by atoms with Gasteiger partial charge in [-0.3, -0.25) is 0 Å². The third kappa shape index (κ3) is 3.42. The van der Waals surface area contributed by atoms with Gasteiger partial charge >= 0.3 is 5.97 Å². The van der Waals surface area contributed by atoms with Gasteiger partial charge < -0.3 is 9.84 Å². The van der Waals surface area contributed by atoms with Gasteiger partial charge in [0, 0.05) is 6.08 Å². The van der Waals surface area contributed by atoms with Crippen LogP contribution in [0.5, 0.6) is 5.75 Å². The van der Waals surface area contributed by atoms with Gasteiger partial charge in [-0.1, -0.05) is 6.07 Å². The van der Waals surface area contributed by atoms with Gasteiger partial charge in [0.2, 0.25) is 0 Å². The van der Waals surface area contributed by atoms with E-state index >= 15 is 0 Å². The Balaban J connectivity index is 2.83. The molecule has 0 radical (unpaired) electrons. The van der Waals surface area contributed by atoms with Crippen molar-refractivity contribution in [2.75, 3.05) is 6.61 Å². The van der Waals surface area contributed by atoms with Crippen LogP contribution < -0.4 is 4.74 Å². The molecule has 0 bridgehead atoms. The average Bonchev–Trinajstić information content (AvgIpc) is 2.25. The topological polar surface area (TPSA) is 70.3 Å². The molecular weight excluding hydrogens is 213 g/mol. The average molecular weight is 221 g/mol. The van der Waals surface area contributed by atoms with Gasteiger partial charge in [-0.2, -0.15) is 5.26 Å². The Morgan fingerprint density at radius 3 is 2.94 bits per heavy atom. The highest BCUT2D eigenvalue weighted by Crippen LogP contribution is 2.18. The molecule has 0 aliphatic carbocycles. The van der Waals surface area contributed by atoms with Gasteiger partial charge in [0.05, 0.1) is 0 Å². The highest BCUT2D eigenvalue weighted by molar-refractivity contribution is 5.85. The lowest BCUT2D eigenvalue weighted by molar-refractivity contribution is -0.131. The molecule has 1 rings (SSSR count). The predicted molar refractivity (Wildman–Crippen MR) is 54.2 cm³/mol. The molecule has 1 aromatic rings. The number of carbonyl (C=O) groups is 1. The van der Waals surface area contributed by atoms with E-state index in [9.17, 15) is 9.18 Å². The van der Waals surface area contributed by atoms with Crippen molar-refractivity contribution in [3.05, 3.63) is 35.7 Å². The molecule has 0 spiro atoms. The van der Waals surface area contributed by atoms with Crippen LogP contribution in [0.15, 0.2) is 24.3 Å². The fourth-order valence-corrected chi connectivity index (χ4v) is 1.02. The fraction of sp³-hybridized carbons (Fsp3) is 0.0909. The van der Waals surface area contributed by atoms with Crippen LogP contribution in [-0.2, 0) is 4.79 Å². The molecule has 0 aromatic heterocycles. The van der Waals surface area contributed by atoms with Crippen molar-refractivity contribution in [1.29, 1.82) is 5.26 Å². The van der Waals surface area contributed by atoms with Gasteiger partial charge in [-0.25, -0.2) is 9.18 Å². The van der Waals surface area contributed by atoms with Crippen molar-refractivity contribution < 1.29 is 19.0 Å². The lowest BCUT2D eigenvalue weighted by atomic mass is 10.2. The summed E-state index contributed by atoms with van der Waals surface area (Å²) in [5, 5.41) is 16.6. The molecule has 0 atom stereocenters. The van der Waals surface area contributed by atoms with Crippen LogP contribution in [0, 0.1) is 17.1 Å². The van der Waals surface area contributed by atoms with Crippen molar-refractivity contribution >= 4 is 12.0 Å². The summed E-state index contributed by atoms with van der Waals surface area (Å²) >= 11 is 0. The predicted octanol–water partition coefficient (Wildman–Crippen LogP) is 1.83. The minimum atomic E-state index is -1.11. The zero-order valence-electron chi connectivity index (χ0n) is 8.18. The molecule has 82 valence electrons. The molecule has 0 heterocycles. The minimum absolute atomic E-state index is 0.0333. The number of halogens is 1. The van der Waals surface area contributed by atoms with Crippen LogP contribution in [0.4, 0.5) is 4.39 Å². The van der Waals surface area contributed by atoms with E-state index in [0.717, 1.165) is 12.1 Å². The summed E-state index contributed by atoms with van der Waals surface area (Å²) in [5.74, 6) is -1.78. The molecule has 4 nitrogen and oxygen atoms in total. The zero-order chi connectivity index (χ0) is 12.0. The van der Waals surface area contributed by atoms with Crippen molar-refractivity contribution in [2.24, 2.45) is 0 Å². The van der Waals surface area contributed by atoms with Gasteiger partial charge in [0.25, 0.3) is 0 Å². The van der Waals surface area contributed by atoms with E-state index in [0.29, 0.717) is 5.56 Å². The molecule has 0 saturated carbocycles. The van der Waals surface area contributed by atoms with Crippen LogP contribution >= 0.6 is 0 Å². The number of hydrogen-bond acceptors (Lipinski definition) is 3. The Kier molecular flexibility index (Phi) is 4.04. The maximum Gasteiger partial charge on any atom is 0.328 e. The number of nitrogens with zero attached hydrogens (tertiary/aromatic N) is 1. The molecule has 0 unspecified atom stereocenters. The van der Waals surface area contributed by atoms with E-state index in [1.54, 1.807) is 6.07 Å². The monoisotopic (exact) mass is 221 g/mol. The van der Waals surface area contributed by atoms with Crippen LogP contribution in [0.25, 0.3) is 6.08 Å². The summed E-state index contributed by atoms with van der Waals surface area (Å²) in [7, 11) is 0. The number of carboxylic acid groups (broad SMARTS) is 1. The Morgan fingerprint density at radius 1 is 1.62 bits per heavy atom. The Morgan fingerprint density at radius 2 is 2.38 bits per heavy atom. The molecule has 0 amide bonds. The molecule has 0 aliphatic rings. The Labute approximate surface area is 91.2 Å². The first-order valence-corrected chi connectivity index (χ1v) is 4.34. The molecule has 1 aromatic carbocycles. The number of aliphatic carboxylic acids is 1. The summed E-state index contributed by atoms with van der Waals surface area (Å²) < 4.78 is 18.1. The molecule has 0 saturated heterocycles. The van der Waals surface area contributed by atoms with E-state index in [2.05, 4.69) is 0 Å². The fourth-order valence-electron chi connectivity index (χ4n) is 1.02. The zero-order valence-corrected chi connectivity index (χ0v) is 8.18. The number of carboxylic acids is 1. The molecule has 0 aliphatic heterocycles. The highest BCUT2D eigenvalue weighted by Gasteiger charge is 2.03. The van der Waals surface area contributed by atoms with Gasteiger partial charge in [0.1, 0.15) is 6.07 Å². The highest BCUT2D eigenvalue weighted by atomic mass is 19.1. The number of ether oxygens (including phenoxy) is 1. The third-order valence-electron chi connectivity index (χ3n) is 1.67. The Bertz CT molecular complexity index is 463. The lowest BCUT2D eigenvalue weighted by Crippen LogP contribution is -1.96. The van der Waals surface area contributed by atoms with E-state index in [4.69, 9.17) is 15.1 Å². The normalized spacial score (nSPS) is 10.0. The summed E-state index contributed by atoms with van der Waals surface area (Å²) in [4.78, 5) is 10.2. The molecule has 0 fully saturated rings. The van der Waals surface area contributed by atoms with Crippen LogP contribution in [0.1, 0.15) is 5.56 Å². The molecule has 5 heteroatoms. The van der Waals surface area contributed by atoms with E-state index in [1.165, 1.54) is 18.2 Å². The first kappa shape index (κ1) is 11.7. The van der Waals surface area contributed by atoms with Crippen LogP contribution in [0.3, 0.4) is 0 Å². The number of benzene rings is 1. The van der Waals surface area contributed by atoms with Crippen LogP contribution in [0.2, 0.25) is 0 Å².